The molecule has 6 heteroatoms. The second-order valence-corrected chi connectivity index (χ2v) is 5.76. The van der Waals surface area contributed by atoms with Crippen molar-refractivity contribution in [1.82, 2.24) is 4.90 Å². The van der Waals surface area contributed by atoms with Crippen LogP contribution in [-0.2, 0) is 9.53 Å². The second kappa shape index (κ2) is 5.56. The van der Waals surface area contributed by atoms with Crippen LogP contribution in [0.25, 0.3) is 0 Å². The number of amides is 1. The second-order valence-electron chi connectivity index (χ2n) is 5.76. The van der Waals surface area contributed by atoms with Gasteiger partial charge >= 0.3 is 12.1 Å². The molecule has 1 rings (SSSR count). The number of carbonyl (C=O) groups excluding carboxylic acids is 1. The summed E-state index contributed by atoms with van der Waals surface area (Å²) in [6, 6.07) is -0.853. The number of likely N-dealkylation sites (tertiary alicyclic amines) is 1. The lowest BCUT2D eigenvalue weighted by molar-refractivity contribution is -0.138. The fourth-order valence-electron chi connectivity index (χ4n) is 1.98. The van der Waals surface area contributed by atoms with Gasteiger partial charge in [0.1, 0.15) is 11.6 Å². The Morgan fingerprint density at radius 2 is 2.11 bits per heavy atom. The molecular weight excluding hydrogens is 236 g/mol. The van der Waals surface area contributed by atoms with Gasteiger partial charge in [0.25, 0.3) is 0 Å². The van der Waals surface area contributed by atoms with E-state index < -0.39 is 17.6 Å². The zero-order valence-electron chi connectivity index (χ0n) is 11.2. The van der Waals surface area contributed by atoms with E-state index in [0.717, 1.165) is 6.42 Å². The molecule has 1 saturated heterocycles. The van der Waals surface area contributed by atoms with Gasteiger partial charge < -0.3 is 20.5 Å². The predicted molar refractivity (Wildman–Crippen MR) is 66.1 cm³/mol. The van der Waals surface area contributed by atoms with E-state index in [0.29, 0.717) is 19.5 Å². The average Bonchev–Trinajstić information content (AvgIpc) is 2.63. The third-order valence-corrected chi connectivity index (χ3v) is 2.84. The molecule has 0 radical (unpaired) electrons. The molecule has 0 spiro atoms. The minimum absolute atomic E-state index is 0.142. The maximum Gasteiger partial charge on any atom is 0.410 e. The van der Waals surface area contributed by atoms with E-state index in [1.54, 1.807) is 4.90 Å². The molecule has 2 atom stereocenters. The van der Waals surface area contributed by atoms with E-state index >= 15 is 0 Å². The molecule has 1 aliphatic rings. The van der Waals surface area contributed by atoms with Crippen LogP contribution in [0.2, 0.25) is 0 Å². The van der Waals surface area contributed by atoms with Crippen LogP contribution in [0, 0.1) is 5.92 Å². The molecule has 104 valence electrons. The van der Waals surface area contributed by atoms with Gasteiger partial charge in [0.15, 0.2) is 0 Å². The van der Waals surface area contributed by atoms with E-state index in [4.69, 9.17) is 15.6 Å². The number of carbonyl (C=O) groups is 2. The average molecular weight is 258 g/mol. The Balaban J connectivity index is 2.41. The molecule has 0 bridgehead atoms. The number of carboxylic acid groups (broad SMARTS) is 1. The molecule has 3 N–H and O–H groups in total. The highest BCUT2D eigenvalue weighted by molar-refractivity contribution is 5.73. The largest absolute Gasteiger partial charge is 0.480 e. The molecule has 1 aliphatic heterocycles. The van der Waals surface area contributed by atoms with Gasteiger partial charge in [-0.15, -0.1) is 0 Å². The van der Waals surface area contributed by atoms with E-state index in [9.17, 15) is 9.59 Å². The predicted octanol–water partition coefficient (Wildman–Crippen LogP) is 1.05. The SMILES string of the molecule is CC(C)(C)OC(=O)N1CCC(CC(N)C(=O)O)C1. The van der Waals surface area contributed by atoms with Gasteiger partial charge in [-0.1, -0.05) is 0 Å². The quantitative estimate of drug-likeness (QED) is 0.789. The highest BCUT2D eigenvalue weighted by Gasteiger charge is 2.31. The van der Waals surface area contributed by atoms with Gasteiger partial charge in [0, 0.05) is 13.1 Å². The van der Waals surface area contributed by atoms with Crippen molar-refractivity contribution in [3.63, 3.8) is 0 Å². The summed E-state index contributed by atoms with van der Waals surface area (Å²) in [4.78, 5) is 24.1. The number of ether oxygens (including phenoxy) is 1. The number of nitrogens with zero attached hydrogens (tertiary/aromatic N) is 1. The van der Waals surface area contributed by atoms with E-state index in [2.05, 4.69) is 0 Å². The minimum Gasteiger partial charge on any atom is -0.480 e. The summed E-state index contributed by atoms with van der Waals surface area (Å²) in [7, 11) is 0. The molecule has 0 aromatic heterocycles. The summed E-state index contributed by atoms with van der Waals surface area (Å²) in [6.07, 6.45) is 0.836. The van der Waals surface area contributed by atoms with Crippen LogP contribution in [0.3, 0.4) is 0 Å². The molecule has 0 aliphatic carbocycles. The molecule has 1 fully saturated rings. The van der Waals surface area contributed by atoms with Crippen molar-refractivity contribution < 1.29 is 19.4 Å². The number of aliphatic carboxylic acids is 1. The Labute approximate surface area is 107 Å². The first-order chi connectivity index (χ1) is 8.19. The highest BCUT2D eigenvalue weighted by Crippen LogP contribution is 2.22. The van der Waals surface area contributed by atoms with Crippen LogP contribution >= 0.6 is 0 Å². The zero-order chi connectivity index (χ0) is 13.9. The van der Waals surface area contributed by atoms with Crippen molar-refractivity contribution in [2.24, 2.45) is 11.7 Å². The van der Waals surface area contributed by atoms with Crippen LogP contribution in [0.1, 0.15) is 33.6 Å². The molecule has 0 aromatic carbocycles. The van der Waals surface area contributed by atoms with Crippen molar-refractivity contribution in [2.75, 3.05) is 13.1 Å². The number of hydrogen-bond acceptors (Lipinski definition) is 4. The first kappa shape index (κ1) is 14.8. The van der Waals surface area contributed by atoms with Crippen LogP contribution in [0.4, 0.5) is 4.79 Å². The lowest BCUT2D eigenvalue weighted by Crippen LogP contribution is -2.36. The van der Waals surface area contributed by atoms with Crippen LogP contribution < -0.4 is 5.73 Å². The fourth-order valence-corrected chi connectivity index (χ4v) is 1.98. The Hall–Kier alpha value is -1.30. The van der Waals surface area contributed by atoms with Gasteiger partial charge in [-0.05, 0) is 39.5 Å². The number of nitrogens with two attached hydrogens (primary N) is 1. The highest BCUT2D eigenvalue weighted by atomic mass is 16.6. The maximum absolute atomic E-state index is 11.8. The molecule has 0 saturated carbocycles. The summed E-state index contributed by atoms with van der Waals surface area (Å²) in [5.41, 5.74) is 4.98. The van der Waals surface area contributed by atoms with Gasteiger partial charge in [0.05, 0.1) is 0 Å². The third kappa shape index (κ3) is 4.52. The fraction of sp³-hybridized carbons (Fsp3) is 0.833. The lowest BCUT2D eigenvalue weighted by Gasteiger charge is -2.24. The number of rotatable bonds is 3. The Bertz CT molecular complexity index is 325. The number of hydrogen-bond donors (Lipinski definition) is 2. The zero-order valence-corrected chi connectivity index (χ0v) is 11.2. The van der Waals surface area contributed by atoms with Crippen molar-refractivity contribution in [2.45, 2.75) is 45.3 Å². The summed E-state index contributed by atoms with van der Waals surface area (Å²) in [6.45, 7) is 6.58. The molecule has 0 aromatic rings. The normalized spacial score (nSPS) is 21.8. The third-order valence-electron chi connectivity index (χ3n) is 2.84. The van der Waals surface area contributed by atoms with Gasteiger partial charge in [0.2, 0.25) is 0 Å². The molecule has 1 amide bonds. The maximum atomic E-state index is 11.8. The molecule has 2 unspecified atom stereocenters. The van der Waals surface area contributed by atoms with Crippen LogP contribution in [0.15, 0.2) is 0 Å². The van der Waals surface area contributed by atoms with Crippen LogP contribution in [-0.4, -0.2) is 46.8 Å². The van der Waals surface area contributed by atoms with Crippen molar-refractivity contribution >= 4 is 12.1 Å². The standard InChI is InChI=1S/C12H22N2O4/c1-12(2,3)18-11(17)14-5-4-8(7-14)6-9(13)10(15)16/h8-9H,4-7,13H2,1-3H3,(H,15,16). The molecule has 6 nitrogen and oxygen atoms in total. The monoisotopic (exact) mass is 258 g/mol. The first-order valence-electron chi connectivity index (χ1n) is 6.15. The molecular formula is C12H22N2O4. The number of carboxylic acids is 1. The first-order valence-corrected chi connectivity index (χ1v) is 6.15. The van der Waals surface area contributed by atoms with Gasteiger partial charge in [-0.3, -0.25) is 4.79 Å². The van der Waals surface area contributed by atoms with Gasteiger partial charge in [-0.25, -0.2) is 4.79 Å². The lowest BCUT2D eigenvalue weighted by atomic mass is 10.00. The van der Waals surface area contributed by atoms with Crippen molar-refractivity contribution in [3.8, 4) is 0 Å². The Kier molecular flexibility index (Phi) is 4.56. The van der Waals surface area contributed by atoms with Gasteiger partial charge in [-0.2, -0.15) is 0 Å². The summed E-state index contributed by atoms with van der Waals surface area (Å²) < 4.78 is 5.26. The van der Waals surface area contributed by atoms with Crippen molar-refractivity contribution in [3.05, 3.63) is 0 Å². The van der Waals surface area contributed by atoms with E-state index in [1.807, 2.05) is 20.8 Å². The smallest absolute Gasteiger partial charge is 0.410 e. The Morgan fingerprint density at radius 1 is 1.50 bits per heavy atom. The van der Waals surface area contributed by atoms with E-state index in [1.165, 1.54) is 0 Å². The molecule has 18 heavy (non-hydrogen) atoms. The van der Waals surface area contributed by atoms with Crippen LogP contribution in [0.5, 0.6) is 0 Å². The summed E-state index contributed by atoms with van der Waals surface area (Å²) in [5, 5.41) is 8.74. The summed E-state index contributed by atoms with van der Waals surface area (Å²) in [5.74, 6) is -0.852. The topological polar surface area (TPSA) is 92.9 Å². The van der Waals surface area contributed by atoms with Crippen molar-refractivity contribution in [1.29, 1.82) is 0 Å². The minimum atomic E-state index is -0.995. The van der Waals surface area contributed by atoms with E-state index in [-0.39, 0.29) is 12.0 Å². The summed E-state index contributed by atoms with van der Waals surface area (Å²) >= 11 is 0. The Morgan fingerprint density at radius 3 is 2.61 bits per heavy atom. The molecule has 1 heterocycles.